The van der Waals surface area contributed by atoms with Crippen molar-refractivity contribution in [2.45, 2.75) is 26.2 Å². The van der Waals surface area contributed by atoms with Crippen LogP contribution in [0.4, 0.5) is 0 Å². The summed E-state index contributed by atoms with van der Waals surface area (Å²) in [6, 6.07) is 8.26. The second-order valence-corrected chi connectivity index (χ2v) is 4.81. The predicted octanol–water partition coefficient (Wildman–Crippen LogP) is 3.27. The number of nitriles is 1. The van der Waals surface area contributed by atoms with Gasteiger partial charge in [-0.15, -0.1) is 0 Å². The van der Waals surface area contributed by atoms with Crippen LogP contribution in [0.15, 0.2) is 30.5 Å². The normalized spacial score (nSPS) is 11.6. The molecule has 2 heteroatoms. The van der Waals surface area contributed by atoms with Crippen LogP contribution < -0.4 is 0 Å². The minimum atomic E-state index is 0.124. The van der Waals surface area contributed by atoms with E-state index in [9.17, 15) is 0 Å². The molecule has 0 aliphatic carbocycles. The van der Waals surface area contributed by atoms with Gasteiger partial charge in [-0.3, -0.25) is 4.57 Å². The standard InChI is InChI=1S/C13H14N2/c1-13(2,3)11-5-4-10-6-7-15(9-14)12(10)8-11/h4-8H,1-3H3. The van der Waals surface area contributed by atoms with E-state index in [1.54, 1.807) is 10.8 Å². The largest absolute Gasteiger partial charge is 0.254 e. The summed E-state index contributed by atoms with van der Waals surface area (Å²) in [7, 11) is 0. The lowest BCUT2D eigenvalue weighted by molar-refractivity contribution is 0.591. The maximum Gasteiger partial charge on any atom is 0.188 e. The van der Waals surface area contributed by atoms with E-state index >= 15 is 0 Å². The van der Waals surface area contributed by atoms with Crippen molar-refractivity contribution in [2.24, 2.45) is 0 Å². The molecule has 76 valence electrons. The molecule has 0 saturated heterocycles. The molecule has 0 aliphatic heterocycles. The zero-order valence-electron chi connectivity index (χ0n) is 9.28. The minimum Gasteiger partial charge on any atom is -0.254 e. The number of hydrogen-bond acceptors (Lipinski definition) is 1. The van der Waals surface area contributed by atoms with Crippen LogP contribution in [0.3, 0.4) is 0 Å². The summed E-state index contributed by atoms with van der Waals surface area (Å²) in [5.74, 6) is 0. The van der Waals surface area contributed by atoms with Gasteiger partial charge in [-0.2, -0.15) is 5.26 Å². The van der Waals surface area contributed by atoms with Crippen molar-refractivity contribution in [2.75, 3.05) is 0 Å². The third-order valence-corrected chi connectivity index (χ3v) is 2.67. The Bertz CT molecular complexity index is 536. The topological polar surface area (TPSA) is 28.7 Å². The number of benzene rings is 1. The Hall–Kier alpha value is -1.75. The molecule has 2 nitrogen and oxygen atoms in total. The molecular formula is C13H14N2. The van der Waals surface area contributed by atoms with Crippen molar-refractivity contribution in [1.29, 1.82) is 5.26 Å². The number of nitrogens with zero attached hydrogens (tertiary/aromatic N) is 2. The monoisotopic (exact) mass is 198 g/mol. The van der Waals surface area contributed by atoms with E-state index in [4.69, 9.17) is 5.26 Å². The van der Waals surface area contributed by atoms with Gasteiger partial charge in [0.1, 0.15) is 0 Å². The molecule has 0 spiro atoms. The molecule has 0 saturated carbocycles. The van der Waals surface area contributed by atoms with Crippen molar-refractivity contribution in [3.8, 4) is 6.19 Å². The highest BCUT2D eigenvalue weighted by Gasteiger charge is 2.14. The molecule has 1 aromatic carbocycles. The van der Waals surface area contributed by atoms with Crippen LogP contribution in [0.5, 0.6) is 0 Å². The Kier molecular flexibility index (Phi) is 2.04. The minimum absolute atomic E-state index is 0.124. The third-order valence-electron chi connectivity index (χ3n) is 2.67. The summed E-state index contributed by atoms with van der Waals surface area (Å²) < 4.78 is 1.60. The summed E-state index contributed by atoms with van der Waals surface area (Å²) >= 11 is 0. The maximum atomic E-state index is 8.93. The molecule has 0 N–H and O–H groups in total. The Labute approximate surface area is 89.7 Å². The van der Waals surface area contributed by atoms with E-state index in [-0.39, 0.29) is 5.41 Å². The predicted molar refractivity (Wildman–Crippen MR) is 61.6 cm³/mol. The van der Waals surface area contributed by atoms with Crippen LogP contribution in [0.1, 0.15) is 26.3 Å². The molecule has 0 aliphatic rings. The van der Waals surface area contributed by atoms with Gasteiger partial charge in [0.15, 0.2) is 6.19 Å². The van der Waals surface area contributed by atoms with Crippen LogP contribution in [0.2, 0.25) is 0 Å². The molecule has 0 radical (unpaired) electrons. The molecule has 0 bridgehead atoms. The summed E-state index contributed by atoms with van der Waals surface area (Å²) in [6.07, 6.45) is 3.95. The van der Waals surface area contributed by atoms with Gasteiger partial charge >= 0.3 is 0 Å². The lowest BCUT2D eigenvalue weighted by atomic mass is 9.87. The Morgan fingerprint density at radius 2 is 1.93 bits per heavy atom. The van der Waals surface area contributed by atoms with Gasteiger partial charge in [0.05, 0.1) is 5.52 Å². The Morgan fingerprint density at radius 1 is 1.20 bits per heavy atom. The quantitative estimate of drug-likeness (QED) is 0.638. The van der Waals surface area contributed by atoms with Crippen molar-refractivity contribution in [3.05, 3.63) is 36.0 Å². The number of rotatable bonds is 0. The fourth-order valence-electron chi connectivity index (χ4n) is 1.68. The fourth-order valence-corrected chi connectivity index (χ4v) is 1.68. The highest BCUT2D eigenvalue weighted by atomic mass is 14.9. The summed E-state index contributed by atoms with van der Waals surface area (Å²) in [5, 5.41) is 10.0. The number of hydrogen-bond donors (Lipinski definition) is 0. The van der Waals surface area contributed by atoms with Crippen LogP contribution in [0.25, 0.3) is 10.9 Å². The lowest BCUT2D eigenvalue weighted by Crippen LogP contribution is -2.10. The zero-order chi connectivity index (χ0) is 11.1. The van der Waals surface area contributed by atoms with E-state index in [0.29, 0.717) is 0 Å². The van der Waals surface area contributed by atoms with Gasteiger partial charge in [0, 0.05) is 11.6 Å². The van der Waals surface area contributed by atoms with Crippen molar-refractivity contribution >= 4 is 10.9 Å². The zero-order valence-corrected chi connectivity index (χ0v) is 9.28. The van der Waals surface area contributed by atoms with Crippen LogP contribution in [-0.2, 0) is 5.41 Å². The number of aromatic nitrogens is 1. The highest BCUT2D eigenvalue weighted by Crippen LogP contribution is 2.26. The van der Waals surface area contributed by atoms with E-state index in [1.165, 1.54) is 5.56 Å². The van der Waals surface area contributed by atoms with E-state index in [2.05, 4.69) is 45.2 Å². The van der Waals surface area contributed by atoms with Crippen LogP contribution in [0, 0.1) is 11.5 Å². The van der Waals surface area contributed by atoms with Gasteiger partial charge in [-0.1, -0.05) is 32.9 Å². The number of fused-ring (bicyclic) bond motifs is 1. The molecule has 1 aromatic heterocycles. The average molecular weight is 198 g/mol. The van der Waals surface area contributed by atoms with E-state index in [1.807, 2.05) is 6.07 Å². The van der Waals surface area contributed by atoms with Crippen LogP contribution >= 0.6 is 0 Å². The smallest absolute Gasteiger partial charge is 0.188 e. The summed E-state index contributed by atoms with van der Waals surface area (Å²) in [4.78, 5) is 0. The second kappa shape index (κ2) is 3.13. The van der Waals surface area contributed by atoms with Gasteiger partial charge in [0.2, 0.25) is 0 Å². The molecule has 2 aromatic rings. The fraction of sp³-hybridized carbons (Fsp3) is 0.308. The van der Waals surface area contributed by atoms with Gasteiger partial charge in [-0.05, 0) is 23.1 Å². The summed E-state index contributed by atoms with van der Waals surface area (Å²) in [6.45, 7) is 6.52. The van der Waals surface area contributed by atoms with Gasteiger partial charge in [-0.25, -0.2) is 0 Å². The molecule has 0 amide bonds. The molecule has 1 heterocycles. The first-order valence-corrected chi connectivity index (χ1v) is 5.04. The van der Waals surface area contributed by atoms with Crippen molar-refractivity contribution < 1.29 is 0 Å². The molecule has 15 heavy (non-hydrogen) atoms. The maximum absolute atomic E-state index is 8.93. The molecule has 0 unspecified atom stereocenters. The highest BCUT2D eigenvalue weighted by molar-refractivity contribution is 5.81. The first-order chi connectivity index (χ1) is 7.02. The molecule has 2 rings (SSSR count). The SMILES string of the molecule is CC(C)(C)c1ccc2ccn(C#N)c2c1. The van der Waals surface area contributed by atoms with Gasteiger partial charge < -0.3 is 0 Å². The first kappa shape index (κ1) is 9.79. The Morgan fingerprint density at radius 3 is 2.53 bits per heavy atom. The van der Waals surface area contributed by atoms with Gasteiger partial charge in [0.25, 0.3) is 0 Å². The van der Waals surface area contributed by atoms with Crippen molar-refractivity contribution in [3.63, 3.8) is 0 Å². The molecule has 0 atom stereocenters. The molecular weight excluding hydrogens is 184 g/mol. The third kappa shape index (κ3) is 1.61. The first-order valence-electron chi connectivity index (χ1n) is 5.04. The van der Waals surface area contributed by atoms with E-state index < -0.39 is 0 Å². The van der Waals surface area contributed by atoms with E-state index in [0.717, 1.165) is 10.9 Å². The second-order valence-electron chi connectivity index (χ2n) is 4.81. The van der Waals surface area contributed by atoms with Crippen molar-refractivity contribution in [1.82, 2.24) is 4.57 Å². The van der Waals surface area contributed by atoms with Crippen LogP contribution in [-0.4, -0.2) is 4.57 Å². The molecule has 0 fully saturated rings. The average Bonchev–Trinajstić information content (AvgIpc) is 2.57. The Balaban J connectivity index is 2.69. The summed E-state index contributed by atoms with van der Waals surface area (Å²) in [5.41, 5.74) is 2.37. The lowest BCUT2D eigenvalue weighted by Gasteiger charge is -2.18.